The van der Waals surface area contributed by atoms with Crippen molar-refractivity contribution < 1.29 is 27.2 Å². The van der Waals surface area contributed by atoms with Crippen molar-refractivity contribution in [1.82, 2.24) is 20.4 Å². The maximum absolute atomic E-state index is 13.2. The molecule has 0 bridgehead atoms. The second kappa shape index (κ2) is 13.3. The first kappa shape index (κ1) is 30.8. The number of ether oxygens (including phenoxy) is 1. The molecule has 12 heteroatoms. The minimum atomic E-state index is -3.84. The van der Waals surface area contributed by atoms with Gasteiger partial charge >= 0.3 is 0 Å². The van der Waals surface area contributed by atoms with Crippen LogP contribution in [0.15, 0.2) is 107 Å². The van der Waals surface area contributed by atoms with Crippen LogP contribution >= 0.6 is 0 Å². The number of anilines is 1. The number of aliphatic hydroxyl groups is 1. The van der Waals surface area contributed by atoms with E-state index in [1.807, 2.05) is 18.2 Å². The van der Waals surface area contributed by atoms with Gasteiger partial charge in [-0.1, -0.05) is 23.4 Å². The second-order valence-corrected chi connectivity index (χ2v) is 12.3. The predicted octanol–water partition coefficient (Wildman–Crippen LogP) is 5.25. The van der Waals surface area contributed by atoms with Gasteiger partial charge in [-0.25, -0.2) is 12.8 Å². The number of hydrogen-bond acceptors (Lipinski definition) is 9. The van der Waals surface area contributed by atoms with E-state index in [1.165, 1.54) is 36.4 Å². The van der Waals surface area contributed by atoms with Crippen LogP contribution in [0.3, 0.4) is 0 Å². The summed E-state index contributed by atoms with van der Waals surface area (Å²) in [5.74, 6) is 0.545. The van der Waals surface area contributed by atoms with Gasteiger partial charge in [-0.15, -0.1) is 0 Å². The molecule has 228 valence electrons. The fourth-order valence-electron chi connectivity index (χ4n) is 4.33. The molecule has 0 amide bonds. The maximum Gasteiger partial charge on any atom is 0.270 e. The van der Waals surface area contributed by atoms with Crippen LogP contribution in [0.1, 0.15) is 37.0 Å². The Labute approximate surface area is 255 Å². The van der Waals surface area contributed by atoms with Gasteiger partial charge in [0, 0.05) is 35.8 Å². The van der Waals surface area contributed by atoms with Gasteiger partial charge in [0.1, 0.15) is 11.6 Å². The Bertz CT molecular complexity index is 1760. The summed E-state index contributed by atoms with van der Waals surface area (Å²) in [6.45, 7) is 4.54. The number of aliphatic hydroxyl groups excluding tert-OH is 1. The van der Waals surface area contributed by atoms with E-state index in [0.717, 1.165) is 11.1 Å². The smallest absolute Gasteiger partial charge is 0.270 e. The molecule has 0 aliphatic carbocycles. The third-order valence-electron chi connectivity index (χ3n) is 6.75. The highest BCUT2D eigenvalue weighted by Crippen LogP contribution is 2.29. The molecule has 3 aromatic carbocycles. The number of aromatic nitrogens is 3. The van der Waals surface area contributed by atoms with Gasteiger partial charge in [0.2, 0.25) is 5.82 Å². The number of hydrogen-bond donors (Lipinski definition) is 3. The Hall–Kier alpha value is -4.65. The minimum absolute atomic E-state index is 0.0744. The van der Waals surface area contributed by atoms with Crippen LogP contribution in [0.5, 0.6) is 5.75 Å². The molecular weight excluding hydrogens is 585 g/mol. The highest BCUT2D eigenvalue weighted by molar-refractivity contribution is 7.92. The van der Waals surface area contributed by atoms with Crippen molar-refractivity contribution in [2.24, 2.45) is 0 Å². The molecule has 1 atom stereocenters. The Morgan fingerprint density at radius 2 is 1.73 bits per heavy atom. The molecule has 3 N–H and O–H groups in total. The number of halogens is 1. The minimum Gasteiger partial charge on any atom is -0.478 e. The summed E-state index contributed by atoms with van der Waals surface area (Å²) in [6.07, 6.45) is 3.37. The third-order valence-corrected chi connectivity index (χ3v) is 8.15. The SMILES string of the molecule is CC(C)(Oc1ccc(F)cc1)c1nc(-c2ccc(S(=O)(=O)Nc3ccc(CCNCC(O)c4cccnc4)cc3)cc2)no1. The zero-order valence-corrected chi connectivity index (χ0v) is 25.0. The molecule has 0 spiro atoms. The van der Waals surface area contributed by atoms with Gasteiger partial charge in [-0.05, 0) is 99.1 Å². The van der Waals surface area contributed by atoms with E-state index in [4.69, 9.17) is 9.26 Å². The van der Waals surface area contributed by atoms with Crippen LogP contribution < -0.4 is 14.8 Å². The molecule has 2 aromatic heterocycles. The molecule has 0 radical (unpaired) electrons. The van der Waals surface area contributed by atoms with Crippen LogP contribution in [0.4, 0.5) is 10.1 Å². The Morgan fingerprint density at radius 1 is 1.00 bits per heavy atom. The standard InChI is InChI=1S/C32H32FN5O5S/c1-32(2,42-27-13-9-25(33)10-14-27)31-36-30(37-43-31)23-7-15-28(16-8-23)44(40,41)38-26-11-5-22(6-12-26)17-19-35-21-29(39)24-4-3-18-34-20-24/h3-16,18,20,29,35,38-39H,17,19,21H2,1-2H3. The van der Waals surface area contributed by atoms with E-state index in [2.05, 4.69) is 25.2 Å². The van der Waals surface area contributed by atoms with E-state index in [9.17, 15) is 17.9 Å². The van der Waals surface area contributed by atoms with Crippen molar-refractivity contribution in [2.45, 2.75) is 36.9 Å². The Kier molecular flexibility index (Phi) is 9.33. The average Bonchev–Trinajstić information content (AvgIpc) is 3.53. The summed E-state index contributed by atoms with van der Waals surface area (Å²) in [4.78, 5) is 8.51. The molecule has 0 aliphatic rings. The normalized spacial score (nSPS) is 12.5. The first-order chi connectivity index (χ1) is 21.1. The van der Waals surface area contributed by atoms with Crippen LogP contribution in [-0.2, 0) is 22.0 Å². The van der Waals surface area contributed by atoms with Crippen LogP contribution in [0.25, 0.3) is 11.4 Å². The lowest BCUT2D eigenvalue weighted by Gasteiger charge is -2.22. The number of nitrogens with zero attached hydrogens (tertiary/aromatic N) is 3. The predicted molar refractivity (Wildman–Crippen MR) is 163 cm³/mol. The highest BCUT2D eigenvalue weighted by atomic mass is 32.2. The average molecular weight is 618 g/mol. The van der Waals surface area contributed by atoms with E-state index < -0.39 is 21.7 Å². The van der Waals surface area contributed by atoms with Gasteiger partial charge in [0.15, 0.2) is 5.60 Å². The van der Waals surface area contributed by atoms with Crippen LogP contribution in [0.2, 0.25) is 0 Å². The van der Waals surface area contributed by atoms with Crippen molar-refractivity contribution in [3.63, 3.8) is 0 Å². The van der Waals surface area contributed by atoms with Crippen molar-refractivity contribution in [3.05, 3.63) is 120 Å². The van der Waals surface area contributed by atoms with Crippen molar-refractivity contribution in [3.8, 4) is 17.1 Å². The Morgan fingerprint density at radius 3 is 2.41 bits per heavy atom. The molecule has 10 nitrogen and oxygen atoms in total. The monoisotopic (exact) mass is 617 g/mol. The molecule has 2 heterocycles. The van der Waals surface area contributed by atoms with E-state index in [1.54, 1.807) is 56.6 Å². The quantitative estimate of drug-likeness (QED) is 0.151. The van der Waals surface area contributed by atoms with Gasteiger partial charge in [0.25, 0.3) is 15.9 Å². The topological polar surface area (TPSA) is 139 Å². The summed E-state index contributed by atoms with van der Waals surface area (Å²) in [5, 5.41) is 17.5. The van der Waals surface area contributed by atoms with Crippen LogP contribution in [-0.4, -0.2) is 41.7 Å². The lowest BCUT2D eigenvalue weighted by molar-refractivity contribution is 0.0691. The lowest BCUT2D eigenvalue weighted by Crippen LogP contribution is -2.25. The molecule has 44 heavy (non-hydrogen) atoms. The third kappa shape index (κ3) is 7.84. The fraction of sp³-hybridized carbons (Fsp3) is 0.219. The maximum atomic E-state index is 13.2. The summed E-state index contributed by atoms with van der Waals surface area (Å²) in [7, 11) is -3.84. The second-order valence-electron chi connectivity index (χ2n) is 10.6. The number of pyridine rings is 1. The fourth-order valence-corrected chi connectivity index (χ4v) is 5.38. The van der Waals surface area contributed by atoms with E-state index >= 15 is 0 Å². The molecule has 5 aromatic rings. The molecule has 1 unspecified atom stereocenters. The number of sulfonamides is 1. The van der Waals surface area contributed by atoms with E-state index in [-0.39, 0.29) is 22.4 Å². The van der Waals surface area contributed by atoms with E-state index in [0.29, 0.717) is 36.5 Å². The molecule has 0 saturated carbocycles. The number of benzene rings is 3. The molecular formula is C32H32FN5O5S. The highest BCUT2D eigenvalue weighted by Gasteiger charge is 2.30. The number of nitrogens with one attached hydrogen (secondary N) is 2. The summed E-state index contributed by atoms with van der Waals surface area (Å²) in [5.41, 5.74) is 1.77. The largest absolute Gasteiger partial charge is 0.478 e. The zero-order chi connectivity index (χ0) is 31.2. The first-order valence-electron chi connectivity index (χ1n) is 13.9. The Balaban J connectivity index is 1.14. The van der Waals surface area contributed by atoms with Gasteiger partial charge in [-0.3, -0.25) is 9.71 Å². The van der Waals surface area contributed by atoms with Crippen molar-refractivity contribution in [2.75, 3.05) is 17.8 Å². The van der Waals surface area contributed by atoms with Crippen molar-refractivity contribution in [1.29, 1.82) is 0 Å². The summed E-state index contributed by atoms with van der Waals surface area (Å²) >= 11 is 0. The van der Waals surface area contributed by atoms with Gasteiger partial charge in [0.05, 0.1) is 11.0 Å². The number of rotatable bonds is 13. The van der Waals surface area contributed by atoms with Crippen LogP contribution in [0, 0.1) is 5.82 Å². The van der Waals surface area contributed by atoms with Gasteiger partial charge in [-0.2, -0.15) is 4.98 Å². The zero-order valence-electron chi connectivity index (χ0n) is 24.1. The first-order valence-corrected chi connectivity index (χ1v) is 15.4. The lowest BCUT2D eigenvalue weighted by atomic mass is 10.1. The molecule has 5 rings (SSSR count). The van der Waals surface area contributed by atoms with Crippen molar-refractivity contribution >= 4 is 15.7 Å². The molecule has 0 fully saturated rings. The molecule has 0 saturated heterocycles. The summed E-state index contributed by atoms with van der Waals surface area (Å²) in [6, 6.07) is 22.5. The molecule has 0 aliphatic heterocycles. The van der Waals surface area contributed by atoms with Gasteiger partial charge < -0.3 is 19.7 Å². The summed E-state index contributed by atoms with van der Waals surface area (Å²) < 4.78 is 53.2.